The number of nitrogens with zero attached hydrogens (tertiary/aromatic N) is 2. The number of carbonyl (C=O) groups is 1. The van der Waals surface area contributed by atoms with Crippen LogP contribution in [0.15, 0.2) is 59.5 Å². The van der Waals surface area contributed by atoms with E-state index in [1.54, 1.807) is 54.1 Å². The molecule has 0 radical (unpaired) electrons. The lowest BCUT2D eigenvalue weighted by Gasteiger charge is -2.34. The summed E-state index contributed by atoms with van der Waals surface area (Å²) in [5, 5.41) is 0. The van der Waals surface area contributed by atoms with Gasteiger partial charge in [-0.1, -0.05) is 30.3 Å². The first-order chi connectivity index (χ1) is 13.5. The van der Waals surface area contributed by atoms with E-state index < -0.39 is 10.0 Å². The zero-order valence-corrected chi connectivity index (χ0v) is 17.4. The Kier molecular flexibility index (Phi) is 6.98. The number of carbonyl (C=O) groups excluding carboxylic acids is 1. The fraction of sp³-hybridized carbons (Fsp3) is 0.350. The summed E-state index contributed by atoms with van der Waals surface area (Å²) in [7, 11) is -1.86. The molecule has 1 fully saturated rings. The standard InChI is InChI=1S/C20H24N2O4S2/c1-26-18-9-7-17(8-10-18)15-27-16-20(23)21-11-13-22(14-12-21)28(24,25)19-5-3-2-4-6-19/h2-10H,11-16H2,1H3. The van der Waals surface area contributed by atoms with Crippen molar-refractivity contribution in [2.24, 2.45) is 0 Å². The molecule has 0 aromatic heterocycles. The number of thioether (sulfide) groups is 1. The third-order valence-corrected chi connectivity index (χ3v) is 7.53. The predicted molar refractivity (Wildman–Crippen MR) is 111 cm³/mol. The SMILES string of the molecule is COc1ccc(CSCC(=O)N2CCN(S(=O)(=O)c3ccccc3)CC2)cc1. The summed E-state index contributed by atoms with van der Waals surface area (Å²) in [4.78, 5) is 14.5. The van der Waals surface area contributed by atoms with E-state index in [4.69, 9.17) is 4.74 Å². The molecule has 0 bridgehead atoms. The Hall–Kier alpha value is -2.03. The smallest absolute Gasteiger partial charge is 0.243 e. The molecule has 0 saturated carbocycles. The van der Waals surface area contributed by atoms with Gasteiger partial charge in [-0.25, -0.2) is 8.42 Å². The van der Waals surface area contributed by atoms with Gasteiger partial charge in [-0.15, -0.1) is 11.8 Å². The second kappa shape index (κ2) is 9.45. The quantitative estimate of drug-likeness (QED) is 0.688. The molecule has 0 spiro atoms. The summed E-state index contributed by atoms with van der Waals surface area (Å²) in [5.41, 5.74) is 1.14. The molecule has 1 saturated heterocycles. The van der Waals surface area contributed by atoms with E-state index >= 15 is 0 Å². The summed E-state index contributed by atoms with van der Waals surface area (Å²) in [6, 6.07) is 16.2. The lowest BCUT2D eigenvalue weighted by Crippen LogP contribution is -2.50. The number of hydrogen-bond acceptors (Lipinski definition) is 5. The summed E-state index contributed by atoms with van der Waals surface area (Å²) in [5.74, 6) is 2.00. The highest BCUT2D eigenvalue weighted by molar-refractivity contribution is 7.99. The highest BCUT2D eigenvalue weighted by Crippen LogP contribution is 2.19. The van der Waals surface area contributed by atoms with Gasteiger partial charge in [0.1, 0.15) is 5.75 Å². The lowest BCUT2D eigenvalue weighted by molar-refractivity contribution is -0.129. The maximum Gasteiger partial charge on any atom is 0.243 e. The van der Waals surface area contributed by atoms with Crippen LogP contribution in [0.25, 0.3) is 0 Å². The number of sulfonamides is 1. The number of hydrogen-bond donors (Lipinski definition) is 0. The number of rotatable bonds is 7. The predicted octanol–water partition coefficient (Wildman–Crippen LogP) is 2.46. The molecule has 3 rings (SSSR count). The van der Waals surface area contributed by atoms with Crippen molar-refractivity contribution in [3.63, 3.8) is 0 Å². The molecule has 2 aromatic carbocycles. The van der Waals surface area contributed by atoms with Crippen LogP contribution in [0.4, 0.5) is 0 Å². The third-order valence-electron chi connectivity index (χ3n) is 4.63. The van der Waals surface area contributed by atoms with E-state index in [1.165, 1.54) is 4.31 Å². The van der Waals surface area contributed by atoms with Crippen molar-refractivity contribution >= 4 is 27.7 Å². The Bertz CT molecular complexity index is 878. The van der Waals surface area contributed by atoms with Crippen molar-refractivity contribution in [2.45, 2.75) is 10.6 Å². The zero-order chi connectivity index (χ0) is 20.0. The average Bonchev–Trinajstić information content (AvgIpc) is 2.75. The fourth-order valence-electron chi connectivity index (χ4n) is 2.99. The Balaban J connectivity index is 1.46. The molecular weight excluding hydrogens is 396 g/mol. The Morgan fingerprint density at radius 2 is 1.64 bits per heavy atom. The van der Waals surface area contributed by atoms with Crippen LogP contribution in [0.3, 0.4) is 0 Å². The Labute approximate surface area is 170 Å². The van der Waals surface area contributed by atoms with Gasteiger partial charge in [-0.2, -0.15) is 4.31 Å². The first-order valence-corrected chi connectivity index (χ1v) is 11.6. The van der Waals surface area contributed by atoms with Gasteiger partial charge < -0.3 is 9.64 Å². The molecule has 8 heteroatoms. The summed E-state index contributed by atoms with van der Waals surface area (Å²) >= 11 is 1.56. The number of ether oxygens (including phenoxy) is 1. The monoisotopic (exact) mass is 420 g/mol. The first-order valence-electron chi connectivity index (χ1n) is 9.04. The molecular formula is C20H24N2O4S2. The lowest BCUT2D eigenvalue weighted by atomic mass is 10.2. The molecule has 6 nitrogen and oxygen atoms in total. The normalized spacial score (nSPS) is 15.4. The van der Waals surface area contributed by atoms with Gasteiger partial charge >= 0.3 is 0 Å². The van der Waals surface area contributed by atoms with E-state index in [2.05, 4.69) is 0 Å². The van der Waals surface area contributed by atoms with Gasteiger partial charge in [-0.05, 0) is 29.8 Å². The Morgan fingerprint density at radius 3 is 2.25 bits per heavy atom. The summed E-state index contributed by atoms with van der Waals surface area (Å²) in [6.07, 6.45) is 0. The van der Waals surface area contributed by atoms with Gasteiger partial charge in [0.25, 0.3) is 0 Å². The van der Waals surface area contributed by atoms with Crippen molar-refractivity contribution in [3.05, 3.63) is 60.2 Å². The summed E-state index contributed by atoms with van der Waals surface area (Å²) < 4.78 is 31.9. The summed E-state index contributed by atoms with van der Waals surface area (Å²) in [6.45, 7) is 1.50. The fourth-order valence-corrected chi connectivity index (χ4v) is 5.32. The molecule has 0 aliphatic carbocycles. The molecule has 150 valence electrons. The van der Waals surface area contributed by atoms with E-state index in [0.29, 0.717) is 36.8 Å². The minimum Gasteiger partial charge on any atom is -0.497 e. The second-order valence-electron chi connectivity index (χ2n) is 6.44. The van der Waals surface area contributed by atoms with Gasteiger partial charge in [0.15, 0.2) is 0 Å². The number of benzene rings is 2. The highest BCUT2D eigenvalue weighted by atomic mass is 32.2. The van der Waals surface area contributed by atoms with Crippen molar-refractivity contribution in [3.8, 4) is 5.75 Å². The van der Waals surface area contributed by atoms with Crippen LogP contribution in [0.5, 0.6) is 5.75 Å². The number of methoxy groups -OCH3 is 1. The highest BCUT2D eigenvalue weighted by Gasteiger charge is 2.29. The van der Waals surface area contributed by atoms with E-state index in [1.807, 2.05) is 24.3 Å². The van der Waals surface area contributed by atoms with E-state index in [9.17, 15) is 13.2 Å². The average molecular weight is 421 g/mol. The molecule has 1 aliphatic rings. The van der Waals surface area contributed by atoms with Crippen molar-refractivity contribution in [2.75, 3.05) is 39.0 Å². The largest absolute Gasteiger partial charge is 0.497 e. The van der Waals surface area contributed by atoms with Gasteiger partial charge in [0.05, 0.1) is 17.8 Å². The van der Waals surface area contributed by atoms with E-state index in [-0.39, 0.29) is 5.91 Å². The minimum absolute atomic E-state index is 0.0512. The van der Waals surface area contributed by atoms with Crippen LogP contribution in [-0.4, -0.2) is 62.6 Å². The molecule has 1 amide bonds. The van der Waals surface area contributed by atoms with Gasteiger partial charge in [0, 0.05) is 31.9 Å². The maximum atomic E-state index is 12.6. The first kappa shape index (κ1) is 20.7. The molecule has 0 N–H and O–H groups in total. The van der Waals surface area contributed by atoms with Crippen LogP contribution in [0.2, 0.25) is 0 Å². The van der Waals surface area contributed by atoms with Crippen LogP contribution in [0.1, 0.15) is 5.56 Å². The van der Waals surface area contributed by atoms with Crippen molar-refractivity contribution in [1.29, 1.82) is 0 Å². The molecule has 0 unspecified atom stereocenters. The van der Waals surface area contributed by atoms with Crippen LogP contribution >= 0.6 is 11.8 Å². The van der Waals surface area contributed by atoms with Crippen molar-refractivity contribution < 1.29 is 17.9 Å². The number of amides is 1. The van der Waals surface area contributed by atoms with Crippen LogP contribution in [0, 0.1) is 0 Å². The minimum atomic E-state index is -3.49. The number of piperazine rings is 1. The molecule has 0 atom stereocenters. The second-order valence-corrected chi connectivity index (χ2v) is 9.36. The van der Waals surface area contributed by atoms with Crippen molar-refractivity contribution in [1.82, 2.24) is 9.21 Å². The molecule has 2 aromatic rings. The Morgan fingerprint density at radius 1 is 1.00 bits per heavy atom. The maximum absolute atomic E-state index is 12.6. The molecule has 28 heavy (non-hydrogen) atoms. The van der Waals surface area contributed by atoms with Crippen LogP contribution < -0.4 is 4.74 Å². The van der Waals surface area contributed by atoms with Crippen LogP contribution in [-0.2, 0) is 20.6 Å². The topological polar surface area (TPSA) is 66.9 Å². The van der Waals surface area contributed by atoms with Gasteiger partial charge in [0.2, 0.25) is 15.9 Å². The molecule has 1 aliphatic heterocycles. The van der Waals surface area contributed by atoms with E-state index in [0.717, 1.165) is 17.1 Å². The third kappa shape index (κ3) is 5.06. The molecule has 1 heterocycles. The zero-order valence-electron chi connectivity index (χ0n) is 15.8. The van der Waals surface area contributed by atoms with Gasteiger partial charge in [-0.3, -0.25) is 4.79 Å².